The Morgan fingerprint density at radius 2 is 1.92 bits per heavy atom. The van der Waals surface area contributed by atoms with Gasteiger partial charge in [0.25, 0.3) is 5.56 Å². The van der Waals surface area contributed by atoms with Crippen molar-refractivity contribution in [3.05, 3.63) is 58.3 Å². The standard InChI is InChI=1S/C18H21N3O4/c1-4-25-18(24)13-5-7-14(8-6-13)20-16(22)10-21-11-19-15(12(2)3)9-17(21)23/h5-9,11-12H,4,10H2,1-3H3,(H,20,22). The average molecular weight is 343 g/mol. The maximum absolute atomic E-state index is 12.1. The first-order valence-electron chi connectivity index (χ1n) is 8.04. The van der Waals surface area contributed by atoms with E-state index >= 15 is 0 Å². The van der Waals surface area contributed by atoms with Crippen LogP contribution in [0.3, 0.4) is 0 Å². The zero-order valence-electron chi connectivity index (χ0n) is 14.5. The van der Waals surface area contributed by atoms with E-state index in [-0.39, 0.29) is 23.9 Å². The molecule has 1 N–H and O–H groups in total. The molecule has 0 fully saturated rings. The highest BCUT2D eigenvalue weighted by Gasteiger charge is 2.09. The smallest absolute Gasteiger partial charge is 0.338 e. The fourth-order valence-corrected chi connectivity index (χ4v) is 2.13. The number of anilines is 1. The van der Waals surface area contributed by atoms with Crippen molar-refractivity contribution >= 4 is 17.6 Å². The Bertz CT molecular complexity index is 810. The lowest BCUT2D eigenvalue weighted by Gasteiger charge is -2.09. The number of nitrogens with one attached hydrogen (secondary N) is 1. The van der Waals surface area contributed by atoms with Crippen LogP contribution in [0, 0.1) is 0 Å². The van der Waals surface area contributed by atoms with Crippen molar-refractivity contribution in [1.82, 2.24) is 9.55 Å². The number of benzene rings is 1. The number of hydrogen-bond donors (Lipinski definition) is 1. The number of amides is 1. The average Bonchev–Trinajstić information content (AvgIpc) is 2.57. The number of carbonyl (C=O) groups excluding carboxylic acids is 2. The summed E-state index contributed by atoms with van der Waals surface area (Å²) in [5.74, 6) is -0.623. The zero-order valence-corrected chi connectivity index (χ0v) is 14.5. The van der Waals surface area contributed by atoms with Crippen LogP contribution in [-0.2, 0) is 16.1 Å². The monoisotopic (exact) mass is 343 g/mol. The molecule has 0 spiro atoms. The first-order chi connectivity index (χ1) is 11.9. The first-order valence-corrected chi connectivity index (χ1v) is 8.04. The predicted molar refractivity (Wildman–Crippen MR) is 93.6 cm³/mol. The van der Waals surface area contributed by atoms with Crippen LogP contribution in [0.5, 0.6) is 0 Å². The lowest BCUT2D eigenvalue weighted by Crippen LogP contribution is -2.28. The zero-order chi connectivity index (χ0) is 18.4. The molecule has 132 valence electrons. The van der Waals surface area contributed by atoms with E-state index in [4.69, 9.17) is 4.74 Å². The normalized spacial score (nSPS) is 10.6. The second-order valence-electron chi connectivity index (χ2n) is 5.78. The fraction of sp³-hybridized carbons (Fsp3) is 0.333. The summed E-state index contributed by atoms with van der Waals surface area (Å²) in [6.07, 6.45) is 1.38. The molecule has 1 heterocycles. The fourth-order valence-electron chi connectivity index (χ4n) is 2.13. The summed E-state index contributed by atoms with van der Waals surface area (Å²) in [6.45, 7) is 5.79. The van der Waals surface area contributed by atoms with Crippen molar-refractivity contribution in [3.8, 4) is 0 Å². The highest BCUT2D eigenvalue weighted by atomic mass is 16.5. The van der Waals surface area contributed by atoms with Gasteiger partial charge in [0.2, 0.25) is 5.91 Å². The Morgan fingerprint density at radius 1 is 1.24 bits per heavy atom. The van der Waals surface area contributed by atoms with E-state index in [1.807, 2.05) is 13.8 Å². The Balaban J connectivity index is 2.01. The van der Waals surface area contributed by atoms with Gasteiger partial charge in [-0.3, -0.25) is 14.2 Å². The van der Waals surface area contributed by atoms with E-state index in [9.17, 15) is 14.4 Å². The number of nitrogens with zero attached hydrogens (tertiary/aromatic N) is 2. The van der Waals surface area contributed by atoms with Gasteiger partial charge in [0, 0.05) is 11.8 Å². The molecule has 0 atom stereocenters. The molecule has 0 saturated heterocycles. The van der Waals surface area contributed by atoms with Crippen molar-refractivity contribution in [1.29, 1.82) is 0 Å². The molecular weight excluding hydrogens is 322 g/mol. The van der Waals surface area contributed by atoms with Gasteiger partial charge in [-0.1, -0.05) is 13.8 Å². The third kappa shape index (κ3) is 5.00. The van der Waals surface area contributed by atoms with Gasteiger partial charge in [0.1, 0.15) is 6.54 Å². The van der Waals surface area contributed by atoms with Gasteiger partial charge >= 0.3 is 5.97 Å². The summed E-state index contributed by atoms with van der Waals surface area (Å²) in [4.78, 5) is 39.8. The van der Waals surface area contributed by atoms with Gasteiger partial charge in [0.05, 0.1) is 24.2 Å². The van der Waals surface area contributed by atoms with Crippen molar-refractivity contribution < 1.29 is 14.3 Å². The highest BCUT2D eigenvalue weighted by molar-refractivity contribution is 5.92. The molecule has 2 aromatic rings. The van der Waals surface area contributed by atoms with Crippen LogP contribution in [0.25, 0.3) is 0 Å². The van der Waals surface area contributed by atoms with Gasteiger partial charge in [-0.2, -0.15) is 0 Å². The molecule has 7 heteroatoms. The Morgan fingerprint density at radius 3 is 2.48 bits per heavy atom. The van der Waals surface area contributed by atoms with Crippen LogP contribution in [0.2, 0.25) is 0 Å². The Kier molecular flexibility index (Phi) is 6.05. The van der Waals surface area contributed by atoms with Crippen LogP contribution >= 0.6 is 0 Å². The molecule has 0 aliphatic heterocycles. The third-order valence-electron chi connectivity index (χ3n) is 3.49. The second kappa shape index (κ2) is 8.23. The lowest BCUT2D eigenvalue weighted by molar-refractivity contribution is -0.116. The predicted octanol–water partition coefficient (Wildman–Crippen LogP) is 2.18. The maximum atomic E-state index is 12.1. The van der Waals surface area contributed by atoms with Crippen molar-refractivity contribution in [2.24, 2.45) is 0 Å². The van der Waals surface area contributed by atoms with Gasteiger partial charge in [0.15, 0.2) is 0 Å². The van der Waals surface area contributed by atoms with Crippen molar-refractivity contribution in [2.75, 3.05) is 11.9 Å². The molecule has 1 amide bonds. The first kappa shape index (κ1) is 18.4. The molecule has 0 aliphatic carbocycles. The summed E-state index contributed by atoms with van der Waals surface area (Å²) in [5, 5.41) is 2.67. The molecule has 25 heavy (non-hydrogen) atoms. The van der Waals surface area contributed by atoms with Gasteiger partial charge in [-0.25, -0.2) is 9.78 Å². The molecule has 2 rings (SSSR count). The minimum absolute atomic E-state index is 0.135. The van der Waals surface area contributed by atoms with Crippen LogP contribution in [0.1, 0.15) is 42.7 Å². The molecular formula is C18H21N3O4. The summed E-state index contributed by atoms with van der Waals surface area (Å²) >= 11 is 0. The van der Waals surface area contributed by atoms with E-state index in [0.717, 1.165) is 0 Å². The minimum Gasteiger partial charge on any atom is -0.462 e. The van der Waals surface area contributed by atoms with Crippen molar-refractivity contribution in [2.45, 2.75) is 33.2 Å². The molecule has 1 aromatic heterocycles. The number of aromatic nitrogens is 2. The van der Waals surface area contributed by atoms with E-state index in [1.54, 1.807) is 31.2 Å². The minimum atomic E-state index is -0.414. The largest absolute Gasteiger partial charge is 0.462 e. The molecule has 0 saturated carbocycles. The van der Waals surface area contributed by atoms with Crippen LogP contribution in [-0.4, -0.2) is 28.0 Å². The van der Waals surface area contributed by atoms with Gasteiger partial charge in [-0.05, 0) is 37.1 Å². The highest BCUT2D eigenvalue weighted by Crippen LogP contribution is 2.11. The quantitative estimate of drug-likeness (QED) is 0.812. The molecule has 0 bridgehead atoms. The molecule has 1 aromatic carbocycles. The summed E-state index contributed by atoms with van der Waals surface area (Å²) in [6, 6.07) is 7.78. The molecule has 0 unspecified atom stereocenters. The Labute approximate surface area is 145 Å². The van der Waals surface area contributed by atoms with E-state index in [2.05, 4.69) is 10.3 Å². The Hall–Kier alpha value is -2.96. The van der Waals surface area contributed by atoms with E-state index in [1.165, 1.54) is 17.0 Å². The lowest BCUT2D eigenvalue weighted by atomic mass is 10.1. The summed E-state index contributed by atoms with van der Waals surface area (Å²) in [7, 11) is 0. The van der Waals surface area contributed by atoms with E-state index in [0.29, 0.717) is 23.6 Å². The van der Waals surface area contributed by atoms with Crippen LogP contribution in [0.4, 0.5) is 5.69 Å². The molecule has 0 aliphatic rings. The topological polar surface area (TPSA) is 90.3 Å². The maximum Gasteiger partial charge on any atom is 0.338 e. The number of rotatable bonds is 6. The third-order valence-corrected chi connectivity index (χ3v) is 3.49. The van der Waals surface area contributed by atoms with Gasteiger partial charge < -0.3 is 10.1 Å². The number of esters is 1. The number of carbonyl (C=O) groups is 2. The van der Waals surface area contributed by atoms with Crippen LogP contribution < -0.4 is 10.9 Å². The van der Waals surface area contributed by atoms with Gasteiger partial charge in [-0.15, -0.1) is 0 Å². The molecule has 7 nitrogen and oxygen atoms in total. The molecule has 0 radical (unpaired) electrons. The SMILES string of the molecule is CCOC(=O)c1ccc(NC(=O)Cn2cnc(C(C)C)cc2=O)cc1. The second-order valence-corrected chi connectivity index (χ2v) is 5.78. The van der Waals surface area contributed by atoms with E-state index < -0.39 is 5.97 Å². The number of ether oxygens (including phenoxy) is 1. The van der Waals surface area contributed by atoms with Crippen molar-refractivity contribution in [3.63, 3.8) is 0 Å². The van der Waals surface area contributed by atoms with Crippen LogP contribution in [0.15, 0.2) is 41.5 Å². The summed E-state index contributed by atoms with van der Waals surface area (Å²) < 4.78 is 6.14. The number of hydrogen-bond acceptors (Lipinski definition) is 5. The summed E-state index contributed by atoms with van der Waals surface area (Å²) in [5.41, 5.74) is 1.35.